The van der Waals surface area contributed by atoms with Crippen LogP contribution in [-0.4, -0.2) is 9.97 Å². The van der Waals surface area contributed by atoms with E-state index < -0.39 is 0 Å². The van der Waals surface area contributed by atoms with E-state index in [9.17, 15) is 0 Å². The van der Waals surface area contributed by atoms with Crippen LogP contribution in [0, 0.1) is 0 Å². The molecule has 0 atom stereocenters. The summed E-state index contributed by atoms with van der Waals surface area (Å²) in [6.07, 6.45) is 0. The minimum atomic E-state index is 0.882. The maximum atomic E-state index is 6.18. The topological polar surface area (TPSA) is 38.9 Å². The molecule has 0 aliphatic carbocycles. The minimum absolute atomic E-state index is 0.882. The monoisotopic (exact) mass is 522 g/mol. The van der Waals surface area contributed by atoms with Crippen molar-refractivity contribution >= 4 is 65.3 Å². The van der Waals surface area contributed by atoms with Crippen molar-refractivity contribution < 1.29 is 4.42 Å². The molecular formula is C38H22N2O. The van der Waals surface area contributed by atoms with E-state index in [2.05, 4.69) is 115 Å². The van der Waals surface area contributed by atoms with Crippen LogP contribution in [0.5, 0.6) is 0 Å². The molecule has 2 heterocycles. The fraction of sp³-hybridized carbons (Fsp3) is 0. The van der Waals surface area contributed by atoms with Crippen LogP contribution in [0.25, 0.3) is 87.8 Å². The largest absolute Gasteiger partial charge is 0.456 e. The molecule has 3 heteroatoms. The molecule has 190 valence electrons. The number of hydrogen-bond acceptors (Lipinski definition) is 3. The molecule has 7 aromatic carbocycles. The van der Waals surface area contributed by atoms with Gasteiger partial charge in [-0.2, -0.15) is 0 Å². The molecule has 0 saturated heterocycles. The average Bonchev–Trinajstić information content (AvgIpc) is 3.40. The summed E-state index contributed by atoms with van der Waals surface area (Å²) < 4.78 is 6.18. The summed E-state index contributed by atoms with van der Waals surface area (Å²) in [6.45, 7) is 0. The van der Waals surface area contributed by atoms with Gasteiger partial charge >= 0.3 is 0 Å². The Kier molecular flexibility index (Phi) is 4.61. The summed E-state index contributed by atoms with van der Waals surface area (Å²) in [7, 11) is 0. The molecular weight excluding hydrogens is 500 g/mol. The molecule has 0 aliphatic heterocycles. The molecule has 0 aliphatic rings. The minimum Gasteiger partial charge on any atom is -0.456 e. The van der Waals surface area contributed by atoms with E-state index >= 15 is 0 Å². The molecule has 2 aromatic heterocycles. The predicted molar refractivity (Wildman–Crippen MR) is 170 cm³/mol. The van der Waals surface area contributed by atoms with E-state index in [-0.39, 0.29) is 0 Å². The summed E-state index contributed by atoms with van der Waals surface area (Å²) in [5.41, 5.74) is 7.50. The summed E-state index contributed by atoms with van der Waals surface area (Å²) >= 11 is 0. The number of benzene rings is 7. The smallest absolute Gasteiger partial charge is 0.136 e. The van der Waals surface area contributed by atoms with Crippen molar-refractivity contribution in [3.63, 3.8) is 0 Å². The van der Waals surface area contributed by atoms with Gasteiger partial charge in [0.15, 0.2) is 0 Å². The highest BCUT2D eigenvalue weighted by atomic mass is 16.3. The van der Waals surface area contributed by atoms with Gasteiger partial charge in [-0.25, -0.2) is 9.97 Å². The fourth-order valence-electron chi connectivity index (χ4n) is 6.21. The third-order valence-electron chi connectivity index (χ3n) is 8.21. The number of nitrogens with zero attached hydrogens (tertiary/aromatic N) is 2. The van der Waals surface area contributed by atoms with Crippen molar-refractivity contribution in [3.05, 3.63) is 133 Å². The van der Waals surface area contributed by atoms with E-state index in [0.717, 1.165) is 71.6 Å². The standard InChI is InChI=1S/C38H22N2O/c1-2-9-25(10-3-1)36-37(39-33-19-18-23-8-4-5-11-28(23)38(33)40-36)27-17-15-24-14-16-26-21-35-32(22-31(26)30(24)20-27)29-12-6-7-13-34(29)41-35/h1-22H. The number of para-hydroxylation sites is 1. The zero-order valence-corrected chi connectivity index (χ0v) is 22.0. The molecule has 9 rings (SSSR count). The van der Waals surface area contributed by atoms with Crippen LogP contribution >= 0.6 is 0 Å². The number of aromatic nitrogens is 2. The van der Waals surface area contributed by atoms with Gasteiger partial charge in [-0.1, -0.05) is 103 Å². The second-order valence-corrected chi connectivity index (χ2v) is 10.6. The Balaban J connectivity index is 1.35. The van der Waals surface area contributed by atoms with Crippen molar-refractivity contribution in [2.75, 3.05) is 0 Å². The van der Waals surface area contributed by atoms with Crippen molar-refractivity contribution in [1.82, 2.24) is 9.97 Å². The van der Waals surface area contributed by atoms with Crippen molar-refractivity contribution in [2.45, 2.75) is 0 Å². The highest BCUT2D eigenvalue weighted by Gasteiger charge is 2.16. The Bertz CT molecular complexity index is 2470. The van der Waals surface area contributed by atoms with Gasteiger partial charge in [0.05, 0.1) is 22.4 Å². The molecule has 0 spiro atoms. The molecule has 0 saturated carbocycles. The maximum absolute atomic E-state index is 6.18. The zero-order chi connectivity index (χ0) is 26.9. The lowest BCUT2D eigenvalue weighted by molar-refractivity contribution is 0.669. The first-order valence-electron chi connectivity index (χ1n) is 13.8. The van der Waals surface area contributed by atoms with Crippen LogP contribution in [0.1, 0.15) is 0 Å². The molecule has 0 bridgehead atoms. The van der Waals surface area contributed by atoms with E-state index in [1.54, 1.807) is 0 Å². The van der Waals surface area contributed by atoms with Gasteiger partial charge in [-0.15, -0.1) is 0 Å². The van der Waals surface area contributed by atoms with Gasteiger partial charge in [0, 0.05) is 27.3 Å². The van der Waals surface area contributed by atoms with Crippen LogP contribution < -0.4 is 0 Å². The molecule has 0 N–H and O–H groups in total. The van der Waals surface area contributed by atoms with E-state index in [0.29, 0.717) is 0 Å². The van der Waals surface area contributed by atoms with Crippen LogP contribution in [0.4, 0.5) is 0 Å². The average molecular weight is 523 g/mol. The van der Waals surface area contributed by atoms with Crippen LogP contribution in [0.15, 0.2) is 138 Å². The van der Waals surface area contributed by atoms with Gasteiger partial charge in [0.2, 0.25) is 0 Å². The number of furan rings is 1. The summed E-state index contributed by atoms with van der Waals surface area (Å²) in [5.74, 6) is 0. The molecule has 0 unspecified atom stereocenters. The van der Waals surface area contributed by atoms with E-state index in [1.807, 2.05) is 18.2 Å². The van der Waals surface area contributed by atoms with Crippen molar-refractivity contribution in [2.24, 2.45) is 0 Å². The Morgan fingerprint density at radius 3 is 2.00 bits per heavy atom. The van der Waals surface area contributed by atoms with Gasteiger partial charge in [0.1, 0.15) is 11.2 Å². The Morgan fingerprint density at radius 1 is 0.390 bits per heavy atom. The molecule has 3 nitrogen and oxygen atoms in total. The third kappa shape index (κ3) is 3.39. The second kappa shape index (κ2) is 8.48. The van der Waals surface area contributed by atoms with Gasteiger partial charge in [0.25, 0.3) is 0 Å². The first-order chi connectivity index (χ1) is 20.3. The number of hydrogen-bond donors (Lipinski definition) is 0. The van der Waals surface area contributed by atoms with E-state index in [4.69, 9.17) is 14.4 Å². The highest BCUT2D eigenvalue weighted by Crippen LogP contribution is 2.38. The first-order valence-corrected chi connectivity index (χ1v) is 13.8. The predicted octanol–water partition coefficient (Wildman–Crippen LogP) is 10.3. The first kappa shape index (κ1) is 22.3. The maximum Gasteiger partial charge on any atom is 0.136 e. The Morgan fingerprint density at radius 2 is 1.07 bits per heavy atom. The SMILES string of the molecule is c1ccc(-c2nc3c(ccc4ccccc43)nc2-c2ccc3ccc4cc5oc6ccccc6c5cc4c3c2)cc1. The summed E-state index contributed by atoms with van der Waals surface area (Å²) in [6, 6.07) is 46.7. The molecule has 0 fully saturated rings. The van der Waals surface area contributed by atoms with Gasteiger partial charge in [-0.05, 0) is 57.3 Å². The molecule has 0 amide bonds. The molecule has 41 heavy (non-hydrogen) atoms. The van der Waals surface area contributed by atoms with Gasteiger partial charge in [-0.3, -0.25) is 0 Å². The molecule has 0 radical (unpaired) electrons. The van der Waals surface area contributed by atoms with Gasteiger partial charge < -0.3 is 4.42 Å². The molecule has 9 aromatic rings. The lowest BCUT2D eigenvalue weighted by atomic mass is 9.96. The Labute approximate surface area is 235 Å². The van der Waals surface area contributed by atoms with Crippen molar-refractivity contribution in [3.8, 4) is 22.5 Å². The van der Waals surface area contributed by atoms with E-state index in [1.165, 1.54) is 16.2 Å². The summed E-state index contributed by atoms with van der Waals surface area (Å²) in [4.78, 5) is 10.5. The number of fused-ring (bicyclic) bond motifs is 9. The fourth-order valence-corrected chi connectivity index (χ4v) is 6.21. The normalized spacial score (nSPS) is 11.9. The number of rotatable bonds is 2. The third-order valence-corrected chi connectivity index (χ3v) is 8.21. The lowest BCUT2D eigenvalue weighted by Gasteiger charge is -2.13. The highest BCUT2D eigenvalue weighted by molar-refractivity contribution is 6.17. The second-order valence-electron chi connectivity index (χ2n) is 10.6. The summed E-state index contributed by atoms with van der Waals surface area (Å²) in [5, 5.41) is 9.27. The quantitative estimate of drug-likeness (QED) is 0.212. The van der Waals surface area contributed by atoms with Crippen LogP contribution in [-0.2, 0) is 0 Å². The van der Waals surface area contributed by atoms with Crippen LogP contribution in [0.2, 0.25) is 0 Å². The zero-order valence-electron chi connectivity index (χ0n) is 22.0. The lowest BCUT2D eigenvalue weighted by Crippen LogP contribution is -1.96. The Hall–Kier alpha value is -5.54. The van der Waals surface area contributed by atoms with Crippen LogP contribution in [0.3, 0.4) is 0 Å². The van der Waals surface area contributed by atoms with Crippen molar-refractivity contribution in [1.29, 1.82) is 0 Å².